The second-order valence-electron chi connectivity index (χ2n) is 3.32. The third-order valence-corrected chi connectivity index (χ3v) is 2.25. The van der Waals surface area contributed by atoms with Gasteiger partial charge in [0.05, 0.1) is 5.69 Å². The number of aromatic nitrogens is 1. The Kier molecular flexibility index (Phi) is 3.54. The van der Waals surface area contributed by atoms with Crippen molar-refractivity contribution in [2.24, 2.45) is 0 Å². The van der Waals surface area contributed by atoms with Gasteiger partial charge in [-0.2, -0.15) is 0 Å². The lowest BCUT2D eigenvalue weighted by atomic mass is 10.3. The van der Waals surface area contributed by atoms with Crippen LogP contribution in [-0.4, -0.2) is 4.98 Å². The average Bonchev–Trinajstić information content (AvgIpc) is 2.28. The molecule has 2 rings (SSSR count). The third-order valence-electron chi connectivity index (χ3n) is 2.04. The first-order valence-electron chi connectivity index (χ1n) is 4.84. The van der Waals surface area contributed by atoms with Crippen LogP contribution in [0.15, 0.2) is 36.4 Å². The molecule has 1 aromatic heterocycles. The number of rotatable bonds is 3. The van der Waals surface area contributed by atoms with Crippen LogP contribution in [-0.2, 0) is 6.61 Å². The van der Waals surface area contributed by atoms with Crippen molar-refractivity contribution in [1.82, 2.24) is 4.98 Å². The Bertz CT molecular complexity index is 534. The van der Waals surface area contributed by atoms with Crippen LogP contribution < -0.4 is 4.74 Å². The van der Waals surface area contributed by atoms with E-state index in [9.17, 15) is 8.78 Å². The van der Waals surface area contributed by atoms with Gasteiger partial charge in [0.15, 0.2) is 11.6 Å². The number of benzene rings is 1. The Morgan fingerprint density at radius 1 is 1.18 bits per heavy atom. The minimum absolute atomic E-state index is 0.0202. The molecule has 0 atom stereocenters. The summed E-state index contributed by atoms with van der Waals surface area (Å²) in [5.74, 6) is -1.41. The quantitative estimate of drug-likeness (QED) is 0.782. The molecule has 1 heterocycles. The van der Waals surface area contributed by atoms with E-state index in [0.29, 0.717) is 10.8 Å². The van der Waals surface area contributed by atoms with E-state index in [-0.39, 0.29) is 12.4 Å². The Morgan fingerprint density at radius 2 is 2.00 bits per heavy atom. The first-order chi connectivity index (χ1) is 8.15. The summed E-state index contributed by atoms with van der Waals surface area (Å²) in [6, 6.07) is 8.17. The Morgan fingerprint density at radius 3 is 2.71 bits per heavy atom. The molecular formula is C12H8ClF2NO. The van der Waals surface area contributed by atoms with Gasteiger partial charge in [-0.3, -0.25) is 0 Å². The van der Waals surface area contributed by atoms with Crippen LogP contribution >= 0.6 is 11.6 Å². The van der Waals surface area contributed by atoms with Gasteiger partial charge in [0, 0.05) is 6.07 Å². The molecule has 0 amide bonds. The van der Waals surface area contributed by atoms with Crippen LogP contribution in [0.3, 0.4) is 0 Å². The second kappa shape index (κ2) is 5.10. The lowest BCUT2D eigenvalue weighted by Gasteiger charge is -2.06. The summed E-state index contributed by atoms with van der Waals surface area (Å²) in [5, 5.41) is 0.339. The number of hydrogen-bond acceptors (Lipinski definition) is 2. The van der Waals surface area contributed by atoms with Crippen molar-refractivity contribution >= 4 is 11.6 Å². The van der Waals surface area contributed by atoms with Gasteiger partial charge in [-0.1, -0.05) is 17.7 Å². The van der Waals surface area contributed by atoms with E-state index in [4.69, 9.17) is 16.3 Å². The summed E-state index contributed by atoms with van der Waals surface area (Å²) in [6.45, 7) is 0.0725. The Hall–Kier alpha value is -1.68. The topological polar surface area (TPSA) is 22.1 Å². The molecule has 2 aromatic rings. The predicted octanol–water partition coefficient (Wildman–Crippen LogP) is 3.59. The summed E-state index contributed by atoms with van der Waals surface area (Å²) in [5.41, 5.74) is 0.571. The first kappa shape index (κ1) is 11.8. The van der Waals surface area contributed by atoms with Gasteiger partial charge in [-0.05, 0) is 24.3 Å². The summed E-state index contributed by atoms with van der Waals surface area (Å²) >= 11 is 5.69. The molecule has 0 aliphatic rings. The summed E-state index contributed by atoms with van der Waals surface area (Å²) < 4.78 is 31.0. The van der Waals surface area contributed by atoms with E-state index < -0.39 is 11.6 Å². The molecule has 0 spiro atoms. The lowest BCUT2D eigenvalue weighted by Crippen LogP contribution is -1.99. The molecule has 0 fully saturated rings. The number of pyridine rings is 1. The summed E-state index contributed by atoms with van der Waals surface area (Å²) in [7, 11) is 0. The first-order valence-corrected chi connectivity index (χ1v) is 5.22. The van der Waals surface area contributed by atoms with E-state index in [0.717, 1.165) is 12.1 Å². The fourth-order valence-electron chi connectivity index (χ4n) is 1.27. The van der Waals surface area contributed by atoms with Gasteiger partial charge >= 0.3 is 0 Å². The van der Waals surface area contributed by atoms with Crippen molar-refractivity contribution in [1.29, 1.82) is 0 Å². The van der Waals surface area contributed by atoms with Gasteiger partial charge in [0.2, 0.25) is 0 Å². The highest BCUT2D eigenvalue weighted by atomic mass is 35.5. The Labute approximate surface area is 102 Å². The molecule has 17 heavy (non-hydrogen) atoms. The average molecular weight is 256 g/mol. The lowest BCUT2D eigenvalue weighted by molar-refractivity contribution is 0.285. The molecule has 0 bridgehead atoms. The molecule has 0 saturated carbocycles. The molecule has 88 valence electrons. The highest BCUT2D eigenvalue weighted by Crippen LogP contribution is 2.18. The van der Waals surface area contributed by atoms with Crippen LogP contribution in [0.25, 0.3) is 0 Å². The maximum atomic E-state index is 13.2. The zero-order chi connectivity index (χ0) is 12.3. The zero-order valence-corrected chi connectivity index (χ0v) is 9.42. The van der Waals surface area contributed by atoms with E-state index in [1.54, 1.807) is 18.2 Å². The van der Waals surface area contributed by atoms with Crippen molar-refractivity contribution in [2.75, 3.05) is 0 Å². The minimum atomic E-state index is -0.743. The van der Waals surface area contributed by atoms with Gasteiger partial charge in [-0.25, -0.2) is 13.8 Å². The van der Waals surface area contributed by atoms with Gasteiger partial charge in [0.25, 0.3) is 0 Å². The SMILES string of the molecule is Fc1ccc(OCc2cccc(Cl)n2)c(F)c1. The van der Waals surface area contributed by atoms with E-state index in [1.807, 2.05) is 0 Å². The van der Waals surface area contributed by atoms with Crippen molar-refractivity contribution in [3.8, 4) is 5.75 Å². The van der Waals surface area contributed by atoms with Crippen LogP contribution in [0.2, 0.25) is 5.15 Å². The Balaban J connectivity index is 2.07. The summed E-state index contributed by atoms with van der Waals surface area (Å²) in [4.78, 5) is 3.98. The predicted molar refractivity (Wildman–Crippen MR) is 59.9 cm³/mol. The van der Waals surface area contributed by atoms with Crippen LogP contribution in [0.1, 0.15) is 5.69 Å². The molecule has 0 N–H and O–H groups in total. The third kappa shape index (κ3) is 3.14. The maximum absolute atomic E-state index is 13.2. The molecule has 0 radical (unpaired) electrons. The highest BCUT2D eigenvalue weighted by Gasteiger charge is 2.05. The van der Waals surface area contributed by atoms with Gasteiger partial charge in [0.1, 0.15) is 17.6 Å². The smallest absolute Gasteiger partial charge is 0.167 e. The highest BCUT2D eigenvalue weighted by molar-refractivity contribution is 6.29. The largest absolute Gasteiger partial charge is 0.484 e. The van der Waals surface area contributed by atoms with E-state index >= 15 is 0 Å². The number of ether oxygens (including phenoxy) is 1. The normalized spacial score (nSPS) is 10.3. The van der Waals surface area contributed by atoms with E-state index in [1.165, 1.54) is 6.07 Å². The van der Waals surface area contributed by atoms with Gasteiger partial charge < -0.3 is 4.74 Å². The van der Waals surface area contributed by atoms with Crippen LogP contribution in [0.4, 0.5) is 8.78 Å². The minimum Gasteiger partial charge on any atom is -0.484 e. The van der Waals surface area contributed by atoms with Crippen molar-refractivity contribution in [2.45, 2.75) is 6.61 Å². The second-order valence-corrected chi connectivity index (χ2v) is 3.70. The van der Waals surface area contributed by atoms with Crippen molar-refractivity contribution in [3.63, 3.8) is 0 Å². The standard InChI is InChI=1S/C12H8ClF2NO/c13-12-3-1-2-9(16-12)7-17-11-5-4-8(14)6-10(11)15/h1-6H,7H2. The molecule has 0 aliphatic heterocycles. The zero-order valence-electron chi connectivity index (χ0n) is 8.66. The van der Waals surface area contributed by atoms with Crippen molar-refractivity contribution < 1.29 is 13.5 Å². The van der Waals surface area contributed by atoms with Crippen LogP contribution in [0.5, 0.6) is 5.75 Å². The van der Waals surface area contributed by atoms with Crippen molar-refractivity contribution in [3.05, 3.63) is 58.9 Å². The molecule has 1 aromatic carbocycles. The fourth-order valence-corrected chi connectivity index (χ4v) is 1.46. The molecule has 5 heteroatoms. The number of nitrogens with zero attached hydrogens (tertiary/aromatic N) is 1. The summed E-state index contributed by atoms with van der Waals surface area (Å²) in [6.07, 6.45) is 0. The monoisotopic (exact) mass is 255 g/mol. The number of hydrogen-bond donors (Lipinski definition) is 0. The molecule has 2 nitrogen and oxygen atoms in total. The molecule has 0 unspecified atom stereocenters. The molecular weight excluding hydrogens is 248 g/mol. The maximum Gasteiger partial charge on any atom is 0.167 e. The molecule has 0 saturated heterocycles. The molecule has 0 aliphatic carbocycles. The fraction of sp³-hybridized carbons (Fsp3) is 0.0833. The van der Waals surface area contributed by atoms with Gasteiger partial charge in [-0.15, -0.1) is 0 Å². The van der Waals surface area contributed by atoms with E-state index in [2.05, 4.69) is 4.98 Å². The number of halogens is 3. The van der Waals surface area contributed by atoms with Crippen LogP contribution in [0, 0.1) is 11.6 Å².